The molecular weight excluding hydrogens is 797 g/mol. The number of sulfonamides is 1. The van der Waals surface area contributed by atoms with Gasteiger partial charge < -0.3 is 15.3 Å². The molecule has 298 valence electrons. The molecule has 3 N–H and O–H groups in total. The number of fused-ring (bicyclic) bond motifs is 3. The third-order valence-corrected chi connectivity index (χ3v) is 10.8. The number of benzene rings is 2. The van der Waals surface area contributed by atoms with E-state index in [1.54, 1.807) is 30.1 Å². The van der Waals surface area contributed by atoms with Crippen molar-refractivity contribution in [1.82, 2.24) is 20.1 Å². The number of allylic oxidation sites excluding steroid dienone is 1. The Morgan fingerprint density at radius 1 is 1.14 bits per heavy atom. The number of carbonyl (C=O) groups excluding carboxylic acids is 1. The molecule has 12 nitrogen and oxygen atoms in total. The van der Waals surface area contributed by atoms with Gasteiger partial charge in [0.15, 0.2) is 5.82 Å². The normalized spacial score (nSPS) is 20.5. The summed E-state index contributed by atoms with van der Waals surface area (Å²) in [5, 5.41) is 20.4. The summed E-state index contributed by atoms with van der Waals surface area (Å²) in [7, 11) is -0.721. The predicted molar refractivity (Wildman–Crippen MR) is 190 cm³/mol. The number of hydrogen-bond acceptors (Lipinski definition) is 8. The average molecular weight is 830 g/mol. The summed E-state index contributed by atoms with van der Waals surface area (Å²) >= 11 is 6.56. The number of carbonyl (C=O) groups is 1. The summed E-state index contributed by atoms with van der Waals surface area (Å²) in [4.78, 5) is 20.2. The van der Waals surface area contributed by atoms with Crippen LogP contribution in [0.5, 0.6) is 0 Å². The SMILES string of the molecule is CN(CCO)c1ccc(-c2ccc(Cl)c3c(NS(C)(=O)=O)nn(C)c23)c([C@H](Cc2cc(F)cc(F)c2)NC(=O)C[N+]2=NC(C(F)(F)F)C3=C2C(F)(F)[C@@H]2C[C@H]32)n1. The van der Waals surface area contributed by atoms with Crippen molar-refractivity contribution in [3.8, 4) is 11.1 Å². The molecule has 4 aromatic rings. The summed E-state index contributed by atoms with van der Waals surface area (Å²) in [5.41, 5.74) is -0.558. The Morgan fingerprint density at radius 2 is 1.82 bits per heavy atom. The minimum absolute atomic E-state index is 0.0199. The number of halogens is 8. The molecule has 1 unspecified atom stereocenters. The van der Waals surface area contributed by atoms with Crippen molar-refractivity contribution in [1.29, 1.82) is 0 Å². The number of nitrogens with zero attached hydrogens (tertiary/aromatic N) is 6. The van der Waals surface area contributed by atoms with Crippen molar-refractivity contribution in [3.63, 3.8) is 0 Å². The number of aliphatic hydroxyl groups excluding tert-OH is 1. The Morgan fingerprint density at radius 3 is 2.46 bits per heavy atom. The standard InChI is InChI=1S/C35H32ClF7N8O4S/c1-49(8-9-52)25-7-5-19(20-4-6-23(36)28-30(20)50(2)47-33(28)48-56(3,54)55)29(45-25)24(12-16-10-17(37)13-18(38)11-16)44-26(53)15-51-32-27(31(46-51)35(41,42)43)21-14-22(21)34(32,39)40/h4-7,10-11,13,21-22,24,31,52H,8-9,12,14-15H2,1-3H3,(H-,44,47,48,53)/p+1/t21-,22+,24-,31?/m0/s1. The molecule has 56 heavy (non-hydrogen) atoms. The van der Waals surface area contributed by atoms with Crippen LogP contribution >= 0.6 is 11.6 Å². The summed E-state index contributed by atoms with van der Waals surface area (Å²) < 4.78 is 130. The number of aliphatic hydroxyl groups is 1. The van der Waals surface area contributed by atoms with Crippen molar-refractivity contribution in [2.24, 2.45) is 24.0 Å². The molecule has 1 saturated carbocycles. The van der Waals surface area contributed by atoms with Crippen LogP contribution in [0, 0.1) is 23.5 Å². The zero-order valence-corrected chi connectivity index (χ0v) is 31.2. The molecule has 21 heteroatoms. The number of aromatic nitrogens is 3. The Bertz CT molecular complexity index is 2440. The van der Waals surface area contributed by atoms with Crippen molar-refractivity contribution >= 4 is 50.1 Å². The first-order valence-electron chi connectivity index (χ1n) is 17.1. The summed E-state index contributed by atoms with van der Waals surface area (Å²) in [5.74, 6) is -8.82. The molecule has 2 aromatic heterocycles. The van der Waals surface area contributed by atoms with Gasteiger partial charge in [0.2, 0.25) is 16.1 Å². The monoisotopic (exact) mass is 829 g/mol. The molecule has 0 spiro atoms. The number of hydrogen-bond donors (Lipinski definition) is 3. The van der Waals surface area contributed by atoms with E-state index in [0.29, 0.717) is 21.8 Å². The molecule has 0 bridgehead atoms. The number of rotatable bonds is 12. The van der Waals surface area contributed by atoms with Crippen molar-refractivity contribution in [2.75, 3.05) is 42.6 Å². The Labute approximate surface area is 319 Å². The van der Waals surface area contributed by atoms with E-state index >= 15 is 8.78 Å². The van der Waals surface area contributed by atoms with Gasteiger partial charge in [-0.2, -0.15) is 27.1 Å². The number of nitrogens with one attached hydrogen (secondary N) is 2. The molecule has 7 rings (SSSR count). The molecule has 2 aromatic carbocycles. The maximum Gasteiger partial charge on any atom is 0.420 e. The van der Waals surface area contributed by atoms with Crippen LogP contribution < -0.4 is 14.9 Å². The van der Waals surface area contributed by atoms with E-state index in [0.717, 1.165) is 18.4 Å². The molecule has 1 amide bonds. The van der Waals surface area contributed by atoms with Crippen LogP contribution in [0.25, 0.3) is 22.0 Å². The highest BCUT2D eigenvalue weighted by Gasteiger charge is 2.75. The predicted octanol–water partition coefficient (Wildman–Crippen LogP) is 5.72. The number of alkyl halides is 5. The number of azo groups is 2. The van der Waals surface area contributed by atoms with Crippen LogP contribution in [0.3, 0.4) is 0 Å². The van der Waals surface area contributed by atoms with Gasteiger partial charge in [0.05, 0.1) is 40.5 Å². The van der Waals surface area contributed by atoms with E-state index in [1.165, 1.54) is 17.8 Å². The van der Waals surface area contributed by atoms with Crippen LogP contribution in [0.15, 0.2) is 58.8 Å². The van der Waals surface area contributed by atoms with Crippen LogP contribution in [0.4, 0.5) is 42.4 Å². The molecule has 4 atom stereocenters. The van der Waals surface area contributed by atoms with Crippen molar-refractivity contribution in [3.05, 3.63) is 81.6 Å². The second kappa shape index (κ2) is 14.0. The first-order valence-corrected chi connectivity index (χ1v) is 19.3. The molecule has 1 fully saturated rings. The van der Waals surface area contributed by atoms with Gasteiger partial charge in [0.1, 0.15) is 17.5 Å². The van der Waals surface area contributed by atoms with Gasteiger partial charge in [-0.25, -0.2) is 22.2 Å². The van der Waals surface area contributed by atoms with E-state index < -0.39 is 81.4 Å². The van der Waals surface area contributed by atoms with E-state index in [2.05, 4.69) is 20.3 Å². The third kappa shape index (κ3) is 7.29. The number of amides is 1. The fourth-order valence-corrected chi connectivity index (χ4v) is 8.33. The highest BCUT2D eigenvalue weighted by Crippen LogP contribution is 2.66. The van der Waals surface area contributed by atoms with E-state index in [-0.39, 0.29) is 64.9 Å². The first kappa shape index (κ1) is 39.4. The van der Waals surface area contributed by atoms with Crippen LogP contribution in [-0.2, 0) is 28.3 Å². The number of anilines is 2. The van der Waals surface area contributed by atoms with E-state index in [9.17, 15) is 40.3 Å². The Kier molecular flexibility index (Phi) is 9.84. The van der Waals surface area contributed by atoms with Crippen LogP contribution in [0.2, 0.25) is 5.02 Å². The summed E-state index contributed by atoms with van der Waals surface area (Å²) in [6.07, 6.45) is -4.57. The maximum atomic E-state index is 15.4. The second-order valence-electron chi connectivity index (χ2n) is 14.0. The molecule has 1 aliphatic heterocycles. The smallest absolute Gasteiger partial charge is 0.395 e. The third-order valence-electron chi connectivity index (χ3n) is 9.93. The largest absolute Gasteiger partial charge is 0.420 e. The summed E-state index contributed by atoms with van der Waals surface area (Å²) in [6, 6.07) is 4.93. The number of pyridine rings is 1. The van der Waals surface area contributed by atoms with Crippen molar-refractivity contribution in [2.45, 2.75) is 37.0 Å². The lowest BCUT2D eigenvalue weighted by molar-refractivity contribution is -0.549. The molecule has 0 saturated heterocycles. The van der Waals surface area contributed by atoms with Gasteiger partial charge in [-0.3, -0.25) is 14.2 Å². The number of likely N-dealkylation sites (N-methyl/N-ethyl adjacent to an activating group) is 1. The Balaban J connectivity index is 1.36. The topological polar surface area (TPSA) is 145 Å². The summed E-state index contributed by atoms with van der Waals surface area (Å²) in [6.45, 7) is -1.25. The van der Waals surface area contributed by atoms with Crippen LogP contribution in [0.1, 0.15) is 23.7 Å². The van der Waals surface area contributed by atoms with Gasteiger partial charge in [-0.1, -0.05) is 22.4 Å². The zero-order chi connectivity index (χ0) is 40.6. The van der Waals surface area contributed by atoms with Gasteiger partial charge in [-0.15, -0.1) is 0 Å². The fraction of sp³-hybridized carbons (Fsp3) is 0.400. The molecule has 3 heterocycles. The lowest BCUT2D eigenvalue weighted by Gasteiger charge is -2.25. The highest BCUT2D eigenvalue weighted by molar-refractivity contribution is 7.92. The lowest BCUT2D eigenvalue weighted by atomic mass is 9.94. The molecule has 3 aliphatic rings. The average Bonchev–Trinajstić information content (AvgIpc) is 3.62. The first-order chi connectivity index (χ1) is 26.2. The maximum absolute atomic E-state index is 15.4. The van der Waals surface area contributed by atoms with E-state index in [4.69, 9.17) is 16.6 Å². The molecular formula is C35H33ClF7N8O4S+. The van der Waals surface area contributed by atoms with E-state index in [1.807, 2.05) is 0 Å². The Hall–Kier alpha value is -4.82. The van der Waals surface area contributed by atoms with Crippen LogP contribution in [-0.4, -0.2) is 90.0 Å². The fourth-order valence-electron chi connectivity index (χ4n) is 7.59. The second-order valence-corrected chi connectivity index (χ2v) is 16.2. The minimum atomic E-state index is -4.99. The quantitative estimate of drug-likeness (QED) is 0.123. The lowest BCUT2D eigenvalue weighted by Crippen LogP contribution is -2.38. The van der Waals surface area contributed by atoms with Gasteiger partial charge in [0, 0.05) is 49.3 Å². The highest BCUT2D eigenvalue weighted by atomic mass is 35.5. The minimum Gasteiger partial charge on any atom is -0.395 e. The van der Waals surface area contributed by atoms with Gasteiger partial charge >= 0.3 is 12.1 Å². The van der Waals surface area contributed by atoms with Gasteiger partial charge in [-0.05, 0) is 59.8 Å². The zero-order valence-electron chi connectivity index (χ0n) is 29.7. The van der Waals surface area contributed by atoms with Crippen molar-refractivity contribution < 1.29 is 53.7 Å². The number of aryl methyl sites for hydroxylation is 1. The molecule has 2 aliphatic carbocycles. The molecule has 0 radical (unpaired) electrons. The van der Waals surface area contributed by atoms with Gasteiger partial charge in [0.25, 0.3) is 18.1 Å².